The summed E-state index contributed by atoms with van der Waals surface area (Å²) in [7, 11) is -4.33. The Kier molecular flexibility index (Phi) is 9.32. The Hall–Kier alpha value is -2.54. The number of rotatable bonds is 11. The first-order valence-electron chi connectivity index (χ1n) is 11.3. The van der Waals surface area contributed by atoms with Crippen molar-refractivity contribution in [2.45, 2.75) is 56.2 Å². The highest BCUT2D eigenvalue weighted by Crippen LogP contribution is 2.48. The standard InChI is InChI=1S/C22H28ClFN3O9P/c1-13(2)34-19(30)14(3)26-37(32,36-15-7-5-4-6-8-15)33-11-16-18(29)22(23,12-24)20(35-16)27-10-9-17(28)25-21(27)31/h4-10,13-14,16,18,20,29H,11-12H2,1-3H3,(H,26,32)(H,25,28,31)/t14-,16+,18?,20+,22+,37-/m0/s1. The van der Waals surface area contributed by atoms with Crippen molar-refractivity contribution >= 4 is 25.3 Å². The maximum atomic E-state index is 14.0. The van der Waals surface area contributed by atoms with Gasteiger partial charge in [-0.05, 0) is 32.9 Å². The monoisotopic (exact) mass is 563 g/mol. The van der Waals surface area contributed by atoms with E-state index in [1.165, 1.54) is 19.1 Å². The molecule has 3 rings (SSSR count). The fourth-order valence-electron chi connectivity index (χ4n) is 3.50. The lowest BCUT2D eigenvalue weighted by Crippen LogP contribution is -2.46. The number of carbonyl (C=O) groups excluding carboxylic acids is 1. The molecule has 6 atom stereocenters. The SMILES string of the molecule is CC(C)OC(=O)[C@H](C)N[P@](=O)(OC[C@H]1O[C@@H](n2ccc(=O)[nH]c2=O)[C@@](Cl)(CF)C1O)Oc1ccccc1. The van der Waals surface area contributed by atoms with Crippen LogP contribution in [0.15, 0.2) is 52.2 Å². The smallest absolute Gasteiger partial charge is 0.459 e. The molecular formula is C22H28ClFN3O9P. The zero-order chi connectivity index (χ0) is 27.4. The number of para-hydroxylation sites is 1. The summed E-state index contributed by atoms with van der Waals surface area (Å²) in [4.78, 5) is 35.8. The van der Waals surface area contributed by atoms with Gasteiger partial charge in [0.05, 0.1) is 12.7 Å². The topological polar surface area (TPSA) is 158 Å². The van der Waals surface area contributed by atoms with Crippen molar-refractivity contribution in [1.82, 2.24) is 14.6 Å². The van der Waals surface area contributed by atoms with Gasteiger partial charge in [0.1, 0.15) is 35.5 Å². The van der Waals surface area contributed by atoms with Crippen molar-refractivity contribution in [2.24, 2.45) is 0 Å². The lowest BCUT2D eigenvalue weighted by Gasteiger charge is -2.27. The summed E-state index contributed by atoms with van der Waals surface area (Å²) < 4.78 is 50.2. The quantitative estimate of drug-likeness (QED) is 0.209. The summed E-state index contributed by atoms with van der Waals surface area (Å²) in [6.45, 7) is 2.71. The first-order chi connectivity index (χ1) is 17.4. The number of ether oxygens (including phenoxy) is 2. The Morgan fingerprint density at radius 2 is 1.97 bits per heavy atom. The van der Waals surface area contributed by atoms with Crippen LogP contribution in [0.1, 0.15) is 27.0 Å². The van der Waals surface area contributed by atoms with Gasteiger partial charge in [-0.3, -0.25) is 23.7 Å². The minimum atomic E-state index is -4.33. The number of benzene rings is 1. The van der Waals surface area contributed by atoms with Crippen LogP contribution in [-0.4, -0.2) is 63.1 Å². The lowest BCUT2D eigenvalue weighted by atomic mass is 10.00. The second kappa shape index (κ2) is 11.9. The number of halogens is 2. The van der Waals surface area contributed by atoms with E-state index in [1.807, 2.05) is 4.98 Å². The minimum absolute atomic E-state index is 0.142. The number of H-pyrrole nitrogens is 1. The molecular weight excluding hydrogens is 536 g/mol. The number of hydrogen-bond donors (Lipinski definition) is 3. The average Bonchev–Trinajstić information content (AvgIpc) is 3.08. The van der Waals surface area contributed by atoms with Crippen molar-refractivity contribution in [3.8, 4) is 5.75 Å². The maximum absolute atomic E-state index is 14.0. The Balaban J connectivity index is 1.83. The van der Waals surface area contributed by atoms with Crippen LogP contribution in [0, 0.1) is 0 Å². The number of aromatic amines is 1. The Bertz CT molecular complexity index is 1240. The predicted molar refractivity (Wildman–Crippen MR) is 130 cm³/mol. The number of alkyl halides is 2. The molecule has 1 saturated heterocycles. The largest absolute Gasteiger partial charge is 0.462 e. The molecule has 3 N–H and O–H groups in total. The number of aromatic nitrogens is 2. The van der Waals surface area contributed by atoms with E-state index in [0.717, 1.165) is 16.8 Å². The predicted octanol–water partition coefficient (Wildman–Crippen LogP) is 1.88. The minimum Gasteiger partial charge on any atom is -0.462 e. The molecule has 0 radical (unpaired) electrons. The second-order valence-electron chi connectivity index (χ2n) is 8.58. The first kappa shape index (κ1) is 29.0. The molecule has 1 fully saturated rings. The number of esters is 1. The Morgan fingerprint density at radius 1 is 1.30 bits per heavy atom. The Labute approximate surface area is 216 Å². The van der Waals surface area contributed by atoms with Gasteiger partial charge in [0, 0.05) is 12.3 Å². The van der Waals surface area contributed by atoms with Gasteiger partial charge in [-0.15, -0.1) is 11.6 Å². The average molecular weight is 564 g/mol. The number of aliphatic hydroxyl groups excluding tert-OH is 1. The summed E-state index contributed by atoms with van der Waals surface area (Å²) in [5.74, 6) is -0.578. The maximum Gasteiger partial charge on any atom is 0.459 e. The van der Waals surface area contributed by atoms with E-state index in [9.17, 15) is 28.4 Å². The lowest BCUT2D eigenvalue weighted by molar-refractivity contribution is -0.149. The van der Waals surface area contributed by atoms with Crippen LogP contribution >= 0.6 is 19.3 Å². The molecule has 1 aromatic carbocycles. The van der Waals surface area contributed by atoms with Gasteiger partial charge in [0.25, 0.3) is 5.56 Å². The zero-order valence-electron chi connectivity index (χ0n) is 20.2. The highest BCUT2D eigenvalue weighted by molar-refractivity contribution is 7.52. The summed E-state index contributed by atoms with van der Waals surface area (Å²) >= 11 is 6.33. The normalized spacial score (nSPS) is 26.0. The van der Waals surface area contributed by atoms with E-state index in [0.29, 0.717) is 0 Å². The van der Waals surface area contributed by atoms with E-state index in [-0.39, 0.29) is 5.75 Å². The first-order valence-corrected chi connectivity index (χ1v) is 13.2. The number of aliphatic hydroxyl groups is 1. The molecule has 37 heavy (non-hydrogen) atoms. The van der Waals surface area contributed by atoms with E-state index < -0.39 is 73.7 Å². The van der Waals surface area contributed by atoms with E-state index >= 15 is 0 Å². The third-order valence-electron chi connectivity index (χ3n) is 5.30. The van der Waals surface area contributed by atoms with Gasteiger partial charge in [-0.2, -0.15) is 5.09 Å². The number of hydrogen-bond acceptors (Lipinski definition) is 9. The van der Waals surface area contributed by atoms with Crippen molar-refractivity contribution in [3.63, 3.8) is 0 Å². The van der Waals surface area contributed by atoms with Crippen molar-refractivity contribution < 1.29 is 37.4 Å². The van der Waals surface area contributed by atoms with Crippen LogP contribution < -0.4 is 20.9 Å². The molecule has 15 heteroatoms. The van der Waals surface area contributed by atoms with Gasteiger partial charge >= 0.3 is 19.4 Å². The van der Waals surface area contributed by atoms with Crippen molar-refractivity contribution in [2.75, 3.05) is 13.3 Å². The second-order valence-corrected chi connectivity index (χ2v) is 11.0. The fraction of sp³-hybridized carbons (Fsp3) is 0.500. The Morgan fingerprint density at radius 3 is 2.57 bits per heavy atom. The highest BCUT2D eigenvalue weighted by Gasteiger charge is 2.57. The van der Waals surface area contributed by atoms with Gasteiger partial charge in [0.15, 0.2) is 6.23 Å². The fourth-order valence-corrected chi connectivity index (χ4v) is 5.30. The third kappa shape index (κ3) is 6.86. The summed E-state index contributed by atoms with van der Waals surface area (Å²) in [5, 5.41) is 13.2. The van der Waals surface area contributed by atoms with Gasteiger partial charge < -0.3 is 19.1 Å². The number of nitrogens with zero attached hydrogens (tertiary/aromatic N) is 1. The van der Waals surface area contributed by atoms with Crippen LogP contribution in [0.4, 0.5) is 4.39 Å². The van der Waals surface area contributed by atoms with E-state index in [2.05, 4.69) is 5.09 Å². The molecule has 1 aromatic heterocycles. The molecule has 204 valence electrons. The summed E-state index contributed by atoms with van der Waals surface area (Å²) in [5.41, 5.74) is -1.64. The molecule has 12 nitrogen and oxygen atoms in total. The van der Waals surface area contributed by atoms with Gasteiger partial charge in [-0.1, -0.05) is 18.2 Å². The van der Waals surface area contributed by atoms with Crippen LogP contribution in [0.25, 0.3) is 0 Å². The van der Waals surface area contributed by atoms with E-state index in [4.69, 9.17) is 30.1 Å². The van der Waals surface area contributed by atoms with E-state index in [1.54, 1.807) is 32.0 Å². The third-order valence-corrected chi connectivity index (χ3v) is 7.46. The highest BCUT2D eigenvalue weighted by atomic mass is 35.5. The van der Waals surface area contributed by atoms with Crippen LogP contribution in [-0.2, 0) is 23.4 Å². The van der Waals surface area contributed by atoms with Crippen molar-refractivity contribution in [1.29, 1.82) is 0 Å². The number of nitrogens with one attached hydrogen (secondary N) is 2. The summed E-state index contributed by atoms with van der Waals surface area (Å²) in [6, 6.07) is 7.82. The van der Waals surface area contributed by atoms with Crippen LogP contribution in [0.2, 0.25) is 0 Å². The molecule has 2 aromatic rings. The molecule has 0 aliphatic carbocycles. The molecule has 0 amide bonds. The van der Waals surface area contributed by atoms with Crippen molar-refractivity contribution in [3.05, 3.63) is 63.4 Å². The molecule has 1 unspecified atom stereocenters. The van der Waals surface area contributed by atoms with Crippen LogP contribution in [0.5, 0.6) is 5.75 Å². The molecule has 1 aliphatic heterocycles. The molecule has 0 saturated carbocycles. The molecule has 0 spiro atoms. The number of carbonyl (C=O) groups is 1. The summed E-state index contributed by atoms with van der Waals surface area (Å²) in [6.07, 6.45) is -4.06. The van der Waals surface area contributed by atoms with Crippen LogP contribution in [0.3, 0.4) is 0 Å². The zero-order valence-corrected chi connectivity index (χ0v) is 21.9. The molecule has 2 heterocycles. The molecule has 1 aliphatic rings. The van der Waals surface area contributed by atoms with Gasteiger partial charge in [-0.25, -0.2) is 13.8 Å². The molecule has 0 bridgehead atoms. The van der Waals surface area contributed by atoms with Gasteiger partial charge in [0.2, 0.25) is 0 Å².